The van der Waals surface area contributed by atoms with Gasteiger partial charge < -0.3 is 5.73 Å². The predicted molar refractivity (Wildman–Crippen MR) is 43.9 cm³/mol. The number of nitrogens with two attached hydrogens (primary N) is 1. The molecule has 2 heteroatoms. The lowest BCUT2D eigenvalue weighted by molar-refractivity contribution is 0.367. The van der Waals surface area contributed by atoms with Gasteiger partial charge in [-0.3, -0.25) is 4.90 Å². The van der Waals surface area contributed by atoms with Crippen molar-refractivity contribution in [1.29, 1.82) is 0 Å². The molecule has 1 saturated heterocycles. The minimum Gasteiger partial charge on any atom is -0.327 e. The quantitative estimate of drug-likeness (QED) is 0.582. The molecule has 0 aromatic heterocycles. The summed E-state index contributed by atoms with van der Waals surface area (Å²) in [6.45, 7) is 7.99. The van der Waals surface area contributed by atoms with E-state index in [4.69, 9.17) is 5.73 Å². The van der Waals surface area contributed by atoms with Crippen LogP contribution in [0.3, 0.4) is 0 Å². The highest BCUT2D eigenvalue weighted by Crippen LogP contribution is 2.08. The molecule has 1 rings (SSSR count). The molecule has 2 nitrogen and oxygen atoms in total. The largest absolute Gasteiger partial charge is 0.327 e. The summed E-state index contributed by atoms with van der Waals surface area (Å²) in [6, 6.07) is 0. The summed E-state index contributed by atoms with van der Waals surface area (Å²) >= 11 is 0. The van der Waals surface area contributed by atoms with E-state index in [1.807, 2.05) is 0 Å². The van der Waals surface area contributed by atoms with Crippen molar-refractivity contribution in [1.82, 2.24) is 4.90 Å². The molecule has 1 aliphatic heterocycles. The molecule has 0 saturated carbocycles. The van der Waals surface area contributed by atoms with Gasteiger partial charge in [-0.15, -0.1) is 0 Å². The van der Waals surface area contributed by atoms with E-state index in [0.717, 1.165) is 12.1 Å². The molecule has 10 heavy (non-hydrogen) atoms. The molecule has 1 fully saturated rings. The second-order valence-corrected chi connectivity index (χ2v) is 2.94. The lowest BCUT2D eigenvalue weighted by Gasteiger charge is -2.14. The normalized spacial score (nSPS) is 19.7. The first-order chi connectivity index (χ1) is 4.83. The molecule has 0 aromatic rings. The highest BCUT2D eigenvalue weighted by atomic mass is 15.1. The molecule has 0 unspecified atom stereocenters. The van der Waals surface area contributed by atoms with Crippen molar-refractivity contribution in [3.8, 4) is 0 Å². The van der Waals surface area contributed by atoms with Gasteiger partial charge in [0.2, 0.25) is 0 Å². The third-order valence-electron chi connectivity index (χ3n) is 1.93. The molecule has 0 bridgehead atoms. The first kappa shape index (κ1) is 7.76. The minimum absolute atomic E-state index is 0.635. The molecule has 1 heterocycles. The molecule has 0 aliphatic carbocycles. The van der Waals surface area contributed by atoms with Gasteiger partial charge in [-0.05, 0) is 31.5 Å². The van der Waals surface area contributed by atoms with Gasteiger partial charge in [0.25, 0.3) is 0 Å². The third-order valence-corrected chi connectivity index (χ3v) is 1.93. The summed E-state index contributed by atoms with van der Waals surface area (Å²) in [7, 11) is 0. The zero-order valence-corrected chi connectivity index (χ0v) is 6.47. The number of hydrogen-bond acceptors (Lipinski definition) is 2. The lowest BCUT2D eigenvalue weighted by Crippen LogP contribution is -2.24. The highest BCUT2D eigenvalue weighted by Gasteiger charge is 2.10. The van der Waals surface area contributed by atoms with Crippen LogP contribution in [-0.2, 0) is 0 Å². The molecule has 2 N–H and O–H groups in total. The maximum Gasteiger partial charge on any atom is 0.0202 e. The van der Waals surface area contributed by atoms with E-state index in [0.29, 0.717) is 6.54 Å². The van der Waals surface area contributed by atoms with E-state index in [2.05, 4.69) is 11.5 Å². The van der Waals surface area contributed by atoms with Gasteiger partial charge in [0.15, 0.2) is 0 Å². The van der Waals surface area contributed by atoms with Crippen LogP contribution in [0.2, 0.25) is 0 Å². The van der Waals surface area contributed by atoms with Crippen LogP contribution in [0.1, 0.15) is 12.8 Å². The minimum atomic E-state index is 0.635. The standard InChI is InChI=1S/C8H16N2/c1-8(6-9)7-10-4-2-3-5-10/h1-7,9H2. The fourth-order valence-electron chi connectivity index (χ4n) is 1.32. The maximum absolute atomic E-state index is 5.42. The van der Waals surface area contributed by atoms with E-state index in [-0.39, 0.29) is 0 Å². The Morgan fingerprint density at radius 3 is 2.50 bits per heavy atom. The van der Waals surface area contributed by atoms with Crippen LogP contribution in [0, 0.1) is 0 Å². The number of rotatable bonds is 3. The Balaban J connectivity index is 2.17. The van der Waals surface area contributed by atoms with Crippen molar-refractivity contribution in [2.45, 2.75) is 12.8 Å². The fraction of sp³-hybridized carbons (Fsp3) is 0.750. The average molecular weight is 140 g/mol. The summed E-state index contributed by atoms with van der Waals surface area (Å²) in [5.74, 6) is 0. The fourth-order valence-corrected chi connectivity index (χ4v) is 1.32. The molecule has 0 amide bonds. The van der Waals surface area contributed by atoms with E-state index in [9.17, 15) is 0 Å². The molecule has 58 valence electrons. The summed E-state index contributed by atoms with van der Waals surface area (Å²) in [6.07, 6.45) is 2.69. The number of likely N-dealkylation sites (tertiary alicyclic amines) is 1. The Morgan fingerprint density at radius 1 is 1.40 bits per heavy atom. The van der Waals surface area contributed by atoms with Gasteiger partial charge in [0.1, 0.15) is 0 Å². The Hall–Kier alpha value is -0.340. The second kappa shape index (κ2) is 3.74. The molecular formula is C8H16N2. The molecule has 0 radical (unpaired) electrons. The molecule has 0 atom stereocenters. The third kappa shape index (κ3) is 2.12. The SMILES string of the molecule is C=C(CN)CN1CCCC1. The second-order valence-electron chi connectivity index (χ2n) is 2.94. The van der Waals surface area contributed by atoms with E-state index in [1.54, 1.807) is 0 Å². The van der Waals surface area contributed by atoms with Crippen molar-refractivity contribution in [2.24, 2.45) is 5.73 Å². The van der Waals surface area contributed by atoms with Crippen LogP contribution < -0.4 is 5.73 Å². The van der Waals surface area contributed by atoms with Crippen LogP contribution >= 0.6 is 0 Å². The zero-order chi connectivity index (χ0) is 7.40. The van der Waals surface area contributed by atoms with Crippen molar-refractivity contribution >= 4 is 0 Å². The first-order valence-electron chi connectivity index (χ1n) is 3.92. The molecule has 0 aromatic carbocycles. The number of hydrogen-bond donors (Lipinski definition) is 1. The van der Waals surface area contributed by atoms with Crippen molar-refractivity contribution < 1.29 is 0 Å². The molecular weight excluding hydrogens is 124 g/mol. The van der Waals surface area contributed by atoms with E-state index >= 15 is 0 Å². The Morgan fingerprint density at radius 2 is 2.00 bits per heavy atom. The Kier molecular flexibility index (Phi) is 2.90. The predicted octanol–water partition coefficient (Wildman–Crippen LogP) is 0.597. The van der Waals surface area contributed by atoms with Gasteiger partial charge in [0.05, 0.1) is 0 Å². The highest BCUT2D eigenvalue weighted by molar-refractivity contribution is 4.99. The summed E-state index contributed by atoms with van der Waals surface area (Å²) in [5, 5.41) is 0. The first-order valence-corrected chi connectivity index (χ1v) is 3.92. The van der Waals surface area contributed by atoms with Crippen molar-refractivity contribution in [2.75, 3.05) is 26.2 Å². The van der Waals surface area contributed by atoms with Gasteiger partial charge in [-0.1, -0.05) is 6.58 Å². The summed E-state index contributed by atoms with van der Waals surface area (Å²) < 4.78 is 0. The topological polar surface area (TPSA) is 29.3 Å². The zero-order valence-electron chi connectivity index (χ0n) is 6.47. The summed E-state index contributed by atoms with van der Waals surface area (Å²) in [4.78, 5) is 2.41. The molecule has 1 aliphatic rings. The van der Waals surface area contributed by atoms with E-state index in [1.165, 1.54) is 25.9 Å². The van der Waals surface area contributed by atoms with Crippen LogP contribution in [-0.4, -0.2) is 31.1 Å². The van der Waals surface area contributed by atoms with Gasteiger partial charge in [-0.2, -0.15) is 0 Å². The van der Waals surface area contributed by atoms with Crippen LogP contribution in [0.5, 0.6) is 0 Å². The van der Waals surface area contributed by atoms with E-state index < -0.39 is 0 Å². The van der Waals surface area contributed by atoms with Crippen molar-refractivity contribution in [3.63, 3.8) is 0 Å². The van der Waals surface area contributed by atoms with Gasteiger partial charge in [0, 0.05) is 13.1 Å². The molecule has 0 spiro atoms. The maximum atomic E-state index is 5.42. The van der Waals surface area contributed by atoms with Crippen LogP contribution in [0.15, 0.2) is 12.2 Å². The van der Waals surface area contributed by atoms with Crippen molar-refractivity contribution in [3.05, 3.63) is 12.2 Å². The smallest absolute Gasteiger partial charge is 0.0202 e. The lowest BCUT2D eigenvalue weighted by atomic mass is 10.3. The van der Waals surface area contributed by atoms with Crippen LogP contribution in [0.4, 0.5) is 0 Å². The van der Waals surface area contributed by atoms with Gasteiger partial charge >= 0.3 is 0 Å². The summed E-state index contributed by atoms with van der Waals surface area (Å²) in [5.41, 5.74) is 6.58. The monoisotopic (exact) mass is 140 g/mol. The number of nitrogens with zero attached hydrogens (tertiary/aromatic N) is 1. The Bertz CT molecular complexity index is 114. The average Bonchev–Trinajstić information content (AvgIpc) is 2.40. The van der Waals surface area contributed by atoms with Crippen LogP contribution in [0.25, 0.3) is 0 Å². The van der Waals surface area contributed by atoms with Gasteiger partial charge in [-0.25, -0.2) is 0 Å². The Labute approximate surface area is 62.7 Å².